The normalized spacial score (nSPS) is 17.5. The molecule has 2 aromatic rings. The summed E-state index contributed by atoms with van der Waals surface area (Å²) in [6.45, 7) is 3.86. The van der Waals surface area contributed by atoms with E-state index in [-0.39, 0.29) is 0 Å². The van der Waals surface area contributed by atoms with Gasteiger partial charge in [-0.1, -0.05) is 25.1 Å². The smallest absolute Gasteiger partial charge is 0.140 e. The molecule has 1 heterocycles. The Morgan fingerprint density at radius 1 is 1.33 bits per heavy atom. The Hall–Kier alpha value is -1.39. The maximum Gasteiger partial charge on any atom is 0.140 e. The molecule has 0 aliphatic heterocycles. The summed E-state index contributed by atoms with van der Waals surface area (Å²) in [4.78, 5) is 6.21. The molecule has 1 aliphatic carbocycles. The molecule has 1 N–H and O–H groups in total. The molecule has 4 heteroatoms. The zero-order valence-electron chi connectivity index (χ0n) is 12.5. The van der Waals surface area contributed by atoms with Crippen molar-refractivity contribution < 1.29 is 4.74 Å². The van der Waals surface area contributed by atoms with Crippen molar-refractivity contribution in [3.8, 4) is 5.75 Å². The number of aryl methyl sites for hydroxylation is 1. The van der Waals surface area contributed by atoms with Gasteiger partial charge in [0.05, 0.1) is 5.69 Å². The summed E-state index contributed by atoms with van der Waals surface area (Å²) in [5, 5.41) is 4.74. The van der Waals surface area contributed by atoms with E-state index in [0.29, 0.717) is 12.6 Å². The van der Waals surface area contributed by atoms with Crippen LogP contribution >= 0.6 is 11.3 Å². The predicted octanol–water partition coefficient (Wildman–Crippen LogP) is 4.10. The van der Waals surface area contributed by atoms with Crippen molar-refractivity contribution in [2.75, 3.05) is 6.54 Å². The topological polar surface area (TPSA) is 34.2 Å². The number of nitrogens with zero attached hydrogens (tertiary/aromatic N) is 1. The summed E-state index contributed by atoms with van der Waals surface area (Å²) in [6.07, 6.45) is 4.75. The summed E-state index contributed by atoms with van der Waals surface area (Å²) in [5.41, 5.74) is 1.28. The first kappa shape index (κ1) is 14.5. The number of hydrogen-bond donors (Lipinski definition) is 1. The first-order valence-electron chi connectivity index (χ1n) is 7.76. The number of hydrogen-bond acceptors (Lipinski definition) is 4. The van der Waals surface area contributed by atoms with E-state index in [2.05, 4.69) is 12.2 Å². The Bertz CT molecular complexity index is 567. The van der Waals surface area contributed by atoms with Gasteiger partial charge in [-0.3, -0.25) is 0 Å². The van der Waals surface area contributed by atoms with Gasteiger partial charge in [0.1, 0.15) is 17.4 Å². The summed E-state index contributed by atoms with van der Waals surface area (Å²) >= 11 is 1.81. The van der Waals surface area contributed by atoms with Gasteiger partial charge in [-0.05, 0) is 44.4 Å². The van der Waals surface area contributed by atoms with Crippen molar-refractivity contribution in [2.24, 2.45) is 0 Å². The number of nitrogens with one attached hydrogen (secondary N) is 1. The minimum atomic E-state index is 0.497. The Labute approximate surface area is 130 Å². The lowest BCUT2D eigenvalue weighted by Gasteiger charge is -2.22. The van der Waals surface area contributed by atoms with Crippen LogP contribution in [0, 0.1) is 0 Å². The van der Waals surface area contributed by atoms with E-state index >= 15 is 0 Å². The van der Waals surface area contributed by atoms with Gasteiger partial charge in [-0.25, -0.2) is 4.98 Å². The van der Waals surface area contributed by atoms with Gasteiger partial charge < -0.3 is 10.1 Å². The van der Waals surface area contributed by atoms with E-state index in [0.717, 1.165) is 23.7 Å². The molecule has 0 fully saturated rings. The minimum Gasteiger partial charge on any atom is -0.486 e. The standard InChI is InChI=1S/C17H22N2OS/c1-2-11-18-14-9-6-10-15-17(14)21-16(19-15)12-20-13-7-4-3-5-8-13/h3-5,7-8,14,18H,2,6,9-12H2,1H3. The van der Waals surface area contributed by atoms with E-state index in [1.165, 1.54) is 29.8 Å². The van der Waals surface area contributed by atoms with Crippen molar-refractivity contribution in [1.82, 2.24) is 10.3 Å². The molecule has 0 saturated carbocycles. The van der Waals surface area contributed by atoms with Gasteiger partial charge in [-0.15, -0.1) is 11.3 Å². The van der Waals surface area contributed by atoms with Crippen LogP contribution < -0.4 is 10.1 Å². The highest BCUT2D eigenvalue weighted by atomic mass is 32.1. The van der Waals surface area contributed by atoms with E-state index in [9.17, 15) is 0 Å². The van der Waals surface area contributed by atoms with Crippen LogP contribution in [0.3, 0.4) is 0 Å². The first-order valence-corrected chi connectivity index (χ1v) is 8.58. The molecule has 0 saturated heterocycles. The van der Waals surface area contributed by atoms with Crippen LogP contribution in [0.15, 0.2) is 30.3 Å². The molecule has 1 aromatic heterocycles. The van der Waals surface area contributed by atoms with Crippen LogP contribution in [0.1, 0.15) is 47.8 Å². The highest BCUT2D eigenvalue weighted by molar-refractivity contribution is 7.11. The summed E-state index contributed by atoms with van der Waals surface area (Å²) in [6, 6.07) is 10.5. The van der Waals surface area contributed by atoms with Crippen LogP contribution in [-0.2, 0) is 13.0 Å². The lowest BCUT2D eigenvalue weighted by Crippen LogP contribution is -2.24. The van der Waals surface area contributed by atoms with Gasteiger partial charge >= 0.3 is 0 Å². The van der Waals surface area contributed by atoms with Crippen LogP contribution in [0.4, 0.5) is 0 Å². The fraction of sp³-hybridized carbons (Fsp3) is 0.471. The zero-order chi connectivity index (χ0) is 14.5. The molecule has 0 radical (unpaired) electrons. The fourth-order valence-electron chi connectivity index (χ4n) is 2.71. The second-order valence-corrected chi connectivity index (χ2v) is 6.53. The predicted molar refractivity (Wildman–Crippen MR) is 86.9 cm³/mol. The third-order valence-electron chi connectivity index (χ3n) is 3.74. The average Bonchev–Trinajstić information content (AvgIpc) is 2.95. The number of ether oxygens (including phenoxy) is 1. The Kier molecular flexibility index (Phi) is 4.88. The first-order chi connectivity index (χ1) is 10.4. The molecule has 112 valence electrons. The van der Waals surface area contributed by atoms with Crippen molar-refractivity contribution in [3.63, 3.8) is 0 Å². The Balaban J connectivity index is 1.66. The molecule has 1 unspecified atom stereocenters. The van der Waals surface area contributed by atoms with Gasteiger partial charge in [0.15, 0.2) is 0 Å². The number of aromatic nitrogens is 1. The maximum absolute atomic E-state index is 5.81. The molecular formula is C17H22N2OS. The molecule has 1 aromatic carbocycles. The van der Waals surface area contributed by atoms with Gasteiger partial charge in [0, 0.05) is 10.9 Å². The highest BCUT2D eigenvalue weighted by Crippen LogP contribution is 2.34. The number of para-hydroxylation sites is 1. The molecule has 1 aliphatic rings. The van der Waals surface area contributed by atoms with Gasteiger partial charge in [-0.2, -0.15) is 0 Å². The number of rotatable bonds is 6. The van der Waals surface area contributed by atoms with Crippen LogP contribution in [0.5, 0.6) is 5.75 Å². The lowest BCUT2D eigenvalue weighted by molar-refractivity contribution is 0.305. The van der Waals surface area contributed by atoms with E-state index in [1.807, 2.05) is 41.7 Å². The summed E-state index contributed by atoms with van der Waals surface area (Å²) < 4.78 is 5.81. The van der Waals surface area contributed by atoms with Crippen molar-refractivity contribution >= 4 is 11.3 Å². The maximum atomic E-state index is 5.81. The van der Waals surface area contributed by atoms with E-state index < -0.39 is 0 Å². The van der Waals surface area contributed by atoms with Crippen molar-refractivity contribution in [1.29, 1.82) is 0 Å². The summed E-state index contributed by atoms with van der Waals surface area (Å²) in [5.74, 6) is 0.909. The lowest BCUT2D eigenvalue weighted by atomic mass is 9.98. The molecular weight excluding hydrogens is 280 g/mol. The zero-order valence-corrected chi connectivity index (χ0v) is 13.3. The van der Waals surface area contributed by atoms with Crippen molar-refractivity contribution in [3.05, 3.63) is 45.9 Å². The van der Waals surface area contributed by atoms with E-state index in [4.69, 9.17) is 9.72 Å². The molecule has 0 bridgehead atoms. The van der Waals surface area contributed by atoms with Gasteiger partial charge in [0.2, 0.25) is 0 Å². The minimum absolute atomic E-state index is 0.497. The SMILES string of the molecule is CCCNC1CCCc2nc(COc3ccccc3)sc21. The fourth-order valence-corrected chi connectivity index (χ4v) is 3.84. The largest absolute Gasteiger partial charge is 0.486 e. The monoisotopic (exact) mass is 302 g/mol. The third-order valence-corrected chi connectivity index (χ3v) is 4.93. The number of thiazole rings is 1. The molecule has 3 rings (SSSR count). The van der Waals surface area contributed by atoms with Gasteiger partial charge in [0.25, 0.3) is 0 Å². The number of benzene rings is 1. The third kappa shape index (κ3) is 3.63. The van der Waals surface area contributed by atoms with E-state index in [1.54, 1.807) is 0 Å². The molecule has 3 nitrogen and oxygen atoms in total. The molecule has 0 amide bonds. The van der Waals surface area contributed by atoms with Crippen molar-refractivity contribution in [2.45, 2.75) is 45.3 Å². The highest BCUT2D eigenvalue weighted by Gasteiger charge is 2.24. The molecule has 0 spiro atoms. The molecule has 1 atom stereocenters. The van der Waals surface area contributed by atoms with Crippen LogP contribution in [-0.4, -0.2) is 11.5 Å². The Morgan fingerprint density at radius 2 is 2.19 bits per heavy atom. The molecule has 21 heavy (non-hydrogen) atoms. The second kappa shape index (κ2) is 7.05. The Morgan fingerprint density at radius 3 is 3.00 bits per heavy atom. The van der Waals surface area contributed by atoms with Crippen LogP contribution in [0.25, 0.3) is 0 Å². The van der Waals surface area contributed by atoms with Crippen LogP contribution in [0.2, 0.25) is 0 Å². The second-order valence-electron chi connectivity index (χ2n) is 5.42. The average molecular weight is 302 g/mol. The summed E-state index contributed by atoms with van der Waals surface area (Å²) in [7, 11) is 0. The number of fused-ring (bicyclic) bond motifs is 1. The quantitative estimate of drug-likeness (QED) is 0.872.